The van der Waals surface area contributed by atoms with Crippen molar-refractivity contribution < 1.29 is 9.84 Å². The van der Waals surface area contributed by atoms with Crippen molar-refractivity contribution in [2.45, 2.75) is 12.7 Å². The van der Waals surface area contributed by atoms with E-state index in [0.29, 0.717) is 23.6 Å². The van der Waals surface area contributed by atoms with Gasteiger partial charge in [-0.25, -0.2) is 0 Å². The highest BCUT2D eigenvalue weighted by atomic mass is 79.9. The molecule has 1 unspecified atom stereocenters. The minimum atomic E-state index is -0.442. The van der Waals surface area contributed by atoms with Crippen LogP contribution in [0.4, 0.5) is 0 Å². The molecule has 4 heteroatoms. The van der Waals surface area contributed by atoms with Gasteiger partial charge in [-0.15, -0.1) is 0 Å². The second-order valence-corrected chi connectivity index (χ2v) is 4.03. The molecular formula is C10H12BrClO2. The zero-order valence-electron chi connectivity index (χ0n) is 7.62. The third-order valence-electron chi connectivity index (χ3n) is 1.67. The van der Waals surface area contributed by atoms with E-state index in [9.17, 15) is 5.11 Å². The van der Waals surface area contributed by atoms with Crippen molar-refractivity contribution in [3.05, 3.63) is 34.9 Å². The molecule has 0 aliphatic heterocycles. The standard InChI is InChI=1S/C10H12BrClO2/c11-5-10(13)7-14-6-8-1-3-9(12)4-2-8/h1-4,10,13H,5-7H2. The molecule has 0 radical (unpaired) electrons. The molecule has 0 aromatic heterocycles. The highest BCUT2D eigenvalue weighted by Gasteiger charge is 2.01. The van der Waals surface area contributed by atoms with Gasteiger partial charge in [0.05, 0.1) is 19.3 Å². The number of rotatable bonds is 5. The summed E-state index contributed by atoms with van der Waals surface area (Å²) in [4.78, 5) is 0. The van der Waals surface area contributed by atoms with Crippen LogP contribution in [0.2, 0.25) is 5.02 Å². The van der Waals surface area contributed by atoms with Crippen LogP contribution in [0.5, 0.6) is 0 Å². The van der Waals surface area contributed by atoms with Crippen molar-refractivity contribution >= 4 is 27.5 Å². The Morgan fingerprint density at radius 2 is 2.00 bits per heavy atom. The van der Waals surface area contributed by atoms with Crippen LogP contribution in [0.3, 0.4) is 0 Å². The molecule has 0 aliphatic carbocycles. The minimum Gasteiger partial charge on any atom is -0.390 e. The molecule has 1 aromatic rings. The number of alkyl halides is 1. The molecule has 1 aromatic carbocycles. The van der Waals surface area contributed by atoms with Crippen LogP contribution in [0, 0.1) is 0 Å². The van der Waals surface area contributed by atoms with Crippen molar-refractivity contribution in [1.29, 1.82) is 0 Å². The molecule has 1 atom stereocenters. The summed E-state index contributed by atoms with van der Waals surface area (Å²) in [6, 6.07) is 7.45. The van der Waals surface area contributed by atoms with E-state index >= 15 is 0 Å². The van der Waals surface area contributed by atoms with Crippen molar-refractivity contribution in [3.8, 4) is 0 Å². The zero-order chi connectivity index (χ0) is 10.4. The van der Waals surface area contributed by atoms with Crippen molar-refractivity contribution in [2.24, 2.45) is 0 Å². The number of benzene rings is 1. The molecule has 0 heterocycles. The number of halogens is 2. The fraction of sp³-hybridized carbons (Fsp3) is 0.400. The van der Waals surface area contributed by atoms with Gasteiger partial charge in [-0.05, 0) is 17.7 Å². The number of hydrogen-bond donors (Lipinski definition) is 1. The first-order valence-electron chi connectivity index (χ1n) is 4.28. The molecule has 0 saturated heterocycles. The van der Waals surface area contributed by atoms with Crippen LogP contribution in [-0.2, 0) is 11.3 Å². The Bertz CT molecular complexity index is 263. The van der Waals surface area contributed by atoms with E-state index in [4.69, 9.17) is 16.3 Å². The van der Waals surface area contributed by atoms with E-state index in [1.54, 1.807) is 0 Å². The normalized spacial score (nSPS) is 12.8. The van der Waals surface area contributed by atoms with E-state index in [1.165, 1.54) is 0 Å². The van der Waals surface area contributed by atoms with E-state index < -0.39 is 6.10 Å². The summed E-state index contributed by atoms with van der Waals surface area (Å²) in [6.07, 6.45) is -0.442. The lowest BCUT2D eigenvalue weighted by Crippen LogP contribution is -2.16. The van der Waals surface area contributed by atoms with Crippen LogP contribution >= 0.6 is 27.5 Å². The van der Waals surface area contributed by atoms with Gasteiger partial charge in [0.15, 0.2) is 0 Å². The topological polar surface area (TPSA) is 29.5 Å². The molecule has 0 amide bonds. The van der Waals surface area contributed by atoms with Gasteiger partial charge < -0.3 is 9.84 Å². The minimum absolute atomic E-state index is 0.341. The third kappa shape index (κ3) is 4.42. The quantitative estimate of drug-likeness (QED) is 0.840. The zero-order valence-corrected chi connectivity index (χ0v) is 9.96. The summed E-state index contributed by atoms with van der Waals surface area (Å²) in [5, 5.41) is 10.4. The Balaban J connectivity index is 2.28. The SMILES string of the molecule is OC(CBr)COCc1ccc(Cl)cc1. The molecule has 78 valence electrons. The molecule has 0 bridgehead atoms. The smallest absolute Gasteiger partial charge is 0.0870 e. The summed E-state index contributed by atoms with van der Waals surface area (Å²) < 4.78 is 5.29. The fourth-order valence-corrected chi connectivity index (χ4v) is 1.25. The Morgan fingerprint density at radius 3 is 2.57 bits per heavy atom. The van der Waals surface area contributed by atoms with Crippen LogP contribution in [0.1, 0.15) is 5.56 Å². The summed E-state index contributed by atoms with van der Waals surface area (Å²) in [6.45, 7) is 0.842. The largest absolute Gasteiger partial charge is 0.390 e. The van der Waals surface area contributed by atoms with E-state index in [-0.39, 0.29) is 0 Å². The second-order valence-electron chi connectivity index (χ2n) is 2.95. The van der Waals surface area contributed by atoms with Gasteiger partial charge in [-0.1, -0.05) is 39.7 Å². The molecule has 0 saturated carbocycles. The van der Waals surface area contributed by atoms with Gasteiger partial charge in [0.2, 0.25) is 0 Å². The first kappa shape index (κ1) is 12.0. The monoisotopic (exact) mass is 278 g/mol. The highest BCUT2D eigenvalue weighted by molar-refractivity contribution is 9.09. The van der Waals surface area contributed by atoms with Gasteiger partial charge in [-0.3, -0.25) is 0 Å². The van der Waals surface area contributed by atoms with Gasteiger partial charge in [0.1, 0.15) is 0 Å². The van der Waals surface area contributed by atoms with Gasteiger partial charge in [0, 0.05) is 10.4 Å². The molecule has 2 nitrogen and oxygen atoms in total. The predicted octanol–water partition coefficient (Wildman–Crippen LogP) is 2.61. The number of hydrogen-bond acceptors (Lipinski definition) is 2. The average Bonchev–Trinajstić information content (AvgIpc) is 2.21. The van der Waals surface area contributed by atoms with E-state index in [0.717, 1.165) is 5.56 Å². The van der Waals surface area contributed by atoms with Crippen molar-refractivity contribution in [3.63, 3.8) is 0 Å². The van der Waals surface area contributed by atoms with Crippen molar-refractivity contribution in [1.82, 2.24) is 0 Å². The maximum absolute atomic E-state index is 9.19. The van der Waals surface area contributed by atoms with Crippen LogP contribution < -0.4 is 0 Å². The Morgan fingerprint density at radius 1 is 1.36 bits per heavy atom. The Labute approximate surface area is 97.0 Å². The lowest BCUT2D eigenvalue weighted by atomic mass is 10.2. The molecule has 0 aliphatic rings. The maximum Gasteiger partial charge on any atom is 0.0870 e. The molecular weight excluding hydrogens is 267 g/mol. The third-order valence-corrected chi connectivity index (χ3v) is 2.67. The molecule has 1 rings (SSSR count). The number of ether oxygens (including phenoxy) is 1. The summed E-state index contributed by atoms with van der Waals surface area (Å²) in [5.41, 5.74) is 1.05. The first-order chi connectivity index (χ1) is 6.72. The van der Waals surface area contributed by atoms with Gasteiger partial charge >= 0.3 is 0 Å². The van der Waals surface area contributed by atoms with Crippen LogP contribution in [0.25, 0.3) is 0 Å². The summed E-state index contributed by atoms with van der Waals surface area (Å²) in [7, 11) is 0. The summed E-state index contributed by atoms with van der Waals surface area (Å²) in [5.74, 6) is 0. The summed E-state index contributed by atoms with van der Waals surface area (Å²) >= 11 is 8.89. The van der Waals surface area contributed by atoms with Crippen LogP contribution in [-0.4, -0.2) is 23.1 Å². The van der Waals surface area contributed by atoms with Gasteiger partial charge in [-0.2, -0.15) is 0 Å². The second kappa shape index (κ2) is 6.40. The molecule has 1 N–H and O–H groups in total. The van der Waals surface area contributed by atoms with E-state index in [2.05, 4.69) is 15.9 Å². The lowest BCUT2D eigenvalue weighted by Gasteiger charge is -2.07. The van der Waals surface area contributed by atoms with E-state index in [1.807, 2.05) is 24.3 Å². The van der Waals surface area contributed by atoms with Gasteiger partial charge in [0.25, 0.3) is 0 Å². The maximum atomic E-state index is 9.19. The number of aliphatic hydroxyl groups is 1. The number of aliphatic hydroxyl groups excluding tert-OH is 1. The Kier molecular flexibility index (Phi) is 5.48. The predicted molar refractivity (Wildman–Crippen MR) is 60.9 cm³/mol. The van der Waals surface area contributed by atoms with Crippen molar-refractivity contribution in [2.75, 3.05) is 11.9 Å². The Hall–Kier alpha value is -0.0900. The molecule has 14 heavy (non-hydrogen) atoms. The lowest BCUT2D eigenvalue weighted by molar-refractivity contribution is 0.0403. The van der Waals surface area contributed by atoms with Crippen LogP contribution in [0.15, 0.2) is 24.3 Å². The first-order valence-corrected chi connectivity index (χ1v) is 5.78. The molecule has 0 fully saturated rings. The average molecular weight is 280 g/mol. The molecule has 0 spiro atoms. The highest BCUT2D eigenvalue weighted by Crippen LogP contribution is 2.10. The fourth-order valence-electron chi connectivity index (χ4n) is 0.938.